The number of aromatic nitrogens is 3. The summed E-state index contributed by atoms with van der Waals surface area (Å²) in [4.78, 5) is 13.2. The second-order valence-electron chi connectivity index (χ2n) is 6.71. The van der Waals surface area contributed by atoms with Gasteiger partial charge in [0, 0.05) is 24.0 Å². The van der Waals surface area contributed by atoms with Crippen molar-refractivity contribution in [2.45, 2.75) is 58.4 Å². The number of nitrogens with zero attached hydrogens (tertiary/aromatic N) is 4. The molecular formula is C15H22N4S2. The minimum absolute atomic E-state index is 0.00832. The number of fused-ring (bicyclic) bond motifs is 1. The molecule has 0 amide bonds. The summed E-state index contributed by atoms with van der Waals surface area (Å²) >= 11 is 3.35. The molecule has 3 rings (SSSR count). The molecule has 1 atom stereocenters. The van der Waals surface area contributed by atoms with Crippen LogP contribution >= 0.6 is 22.9 Å². The largest absolute Gasteiger partial charge is 0.342 e. The SMILES string of the molecule is Cc1nc2c(s1)C(N(C)c1nc(C(C)(C)C)ns1)CCC2. The summed E-state index contributed by atoms with van der Waals surface area (Å²) in [6.07, 6.45) is 3.50. The molecule has 1 unspecified atom stereocenters. The predicted octanol–water partition coefficient (Wildman–Crippen LogP) is 4.11. The number of aryl methyl sites for hydroxylation is 2. The van der Waals surface area contributed by atoms with Crippen molar-refractivity contribution < 1.29 is 0 Å². The van der Waals surface area contributed by atoms with E-state index in [0.29, 0.717) is 6.04 Å². The fraction of sp³-hybridized carbons (Fsp3) is 0.667. The summed E-state index contributed by atoms with van der Waals surface area (Å²) < 4.78 is 4.54. The molecule has 2 aromatic rings. The molecule has 0 aliphatic heterocycles. The fourth-order valence-electron chi connectivity index (χ4n) is 2.69. The monoisotopic (exact) mass is 322 g/mol. The van der Waals surface area contributed by atoms with Gasteiger partial charge < -0.3 is 4.90 Å². The minimum atomic E-state index is 0.00832. The van der Waals surface area contributed by atoms with Crippen LogP contribution in [0.4, 0.5) is 5.13 Å². The molecule has 0 saturated carbocycles. The quantitative estimate of drug-likeness (QED) is 0.834. The van der Waals surface area contributed by atoms with Crippen LogP contribution in [0.15, 0.2) is 0 Å². The van der Waals surface area contributed by atoms with Crippen LogP contribution in [-0.4, -0.2) is 21.4 Å². The Morgan fingerprint density at radius 3 is 2.67 bits per heavy atom. The van der Waals surface area contributed by atoms with Crippen molar-refractivity contribution >= 4 is 28.0 Å². The van der Waals surface area contributed by atoms with Crippen LogP contribution in [0.5, 0.6) is 0 Å². The maximum Gasteiger partial charge on any atom is 0.205 e. The van der Waals surface area contributed by atoms with E-state index in [9.17, 15) is 0 Å². The van der Waals surface area contributed by atoms with E-state index in [1.54, 1.807) is 0 Å². The topological polar surface area (TPSA) is 41.9 Å². The molecule has 0 aromatic carbocycles. The van der Waals surface area contributed by atoms with Gasteiger partial charge in [-0.25, -0.2) is 9.97 Å². The molecule has 114 valence electrons. The zero-order chi connectivity index (χ0) is 15.2. The number of hydrogen-bond donors (Lipinski definition) is 0. The van der Waals surface area contributed by atoms with E-state index < -0.39 is 0 Å². The van der Waals surface area contributed by atoms with Crippen molar-refractivity contribution in [3.63, 3.8) is 0 Å². The summed E-state index contributed by atoms with van der Waals surface area (Å²) in [7, 11) is 2.14. The maximum atomic E-state index is 4.75. The Balaban J connectivity index is 1.89. The average molecular weight is 323 g/mol. The van der Waals surface area contributed by atoms with Gasteiger partial charge in [0.05, 0.1) is 21.6 Å². The van der Waals surface area contributed by atoms with E-state index in [-0.39, 0.29) is 5.41 Å². The first-order valence-corrected chi connectivity index (χ1v) is 8.98. The van der Waals surface area contributed by atoms with E-state index in [1.165, 1.54) is 40.0 Å². The summed E-state index contributed by atoms with van der Waals surface area (Å²) in [6, 6.07) is 0.403. The Bertz CT molecular complexity index is 638. The van der Waals surface area contributed by atoms with Crippen molar-refractivity contribution in [3.05, 3.63) is 21.4 Å². The molecule has 0 N–H and O–H groups in total. The highest BCUT2D eigenvalue weighted by atomic mass is 32.1. The third-order valence-electron chi connectivity index (χ3n) is 3.88. The lowest BCUT2D eigenvalue weighted by Gasteiger charge is -2.30. The van der Waals surface area contributed by atoms with Gasteiger partial charge in [0.25, 0.3) is 0 Å². The van der Waals surface area contributed by atoms with Gasteiger partial charge in [-0.2, -0.15) is 4.37 Å². The van der Waals surface area contributed by atoms with Crippen LogP contribution in [0.25, 0.3) is 0 Å². The third-order valence-corrected chi connectivity index (χ3v) is 5.80. The molecule has 0 bridgehead atoms. The van der Waals surface area contributed by atoms with Crippen LogP contribution in [0.2, 0.25) is 0 Å². The standard InChI is InChI=1S/C15H22N4S2/c1-9-16-10-7-6-8-11(12(10)20-9)19(5)14-17-13(18-21-14)15(2,3)4/h11H,6-8H2,1-5H3. The smallest absolute Gasteiger partial charge is 0.205 e. The lowest BCUT2D eigenvalue weighted by atomic mass is 9.96. The van der Waals surface area contributed by atoms with Crippen LogP contribution in [0.3, 0.4) is 0 Å². The summed E-state index contributed by atoms with van der Waals surface area (Å²) in [6.45, 7) is 8.57. The number of rotatable bonds is 2. The summed E-state index contributed by atoms with van der Waals surface area (Å²) in [5.74, 6) is 0.936. The molecule has 21 heavy (non-hydrogen) atoms. The zero-order valence-electron chi connectivity index (χ0n) is 13.3. The van der Waals surface area contributed by atoms with Crippen molar-refractivity contribution in [3.8, 4) is 0 Å². The normalized spacial score (nSPS) is 18.6. The lowest BCUT2D eigenvalue weighted by molar-refractivity contribution is 0.538. The molecule has 6 heteroatoms. The van der Waals surface area contributed by atoms with E-state index >= 15 is 0 Å². The molecule has 1 aliphatic rings. The van der Waals surface area contributed by atoms with Gasteiger partial charge in [-0.3, -0.25) is 0 Å². The van der Waals surface area contributed by atoms with Crippen LogP contribution in [0, 0.1) is 6.92 Å². The number of hydrogen-bond acceptors (Lipinski definition) is 6. The van der Waals surface area contributed by atoms with E-state index in [4.69, 9.17) is 4.98 Å². The fourth-order valence-corrected chi connectivity index (χ4v) is 4.70. The van der Waals surface area contributed by atoms with E-state index in [1.807, 2.05) is 11.3 Å². The van der Waals surface area contributed by atoms with Gasteiger partial charge in [-0.05, 0) is 26.2 Å². The maximum absolute atomic E-state index is 4.75. The Kier molecular flexibility index (Phi) is 3.78. The van der Waals surface area contributed by atoms with Crippen molar-refractivity contribution in [1.82, 2.24) is 14.3 Å². The Morgan fingerprint density at radius 1 is 1.24 bits per heavy atom. The Hall–Kier alpha value is -1.01. The van der Waals surface area contributed by atoms with Crippen molar-refractivity contribution in [2.24, 2.45) is 0 Å². The van der Waals surface area contributed by atoms with Gasteiger partial charge in [-0.1, -0.05) is 20.8 Å². The lowest BCUT2D eigenvalue weighted by Crippen LogP contribution is -2.26. The van der Waals surface area contributed by atoms with E-state index in [2.05, 4.69) is 49.0 Å². The first-order chi connectivity index (χ1) is 9.86. The first-order valence-electron chi connectivity index (χ1n) is 7.39. The van der Waals surface area contributed by atoms with Gasteiger partial charge in [-0.15, -0.1) is 11.3 Å². The molecule has 0 radical (unpaired) electrons. The summed E-state index contributed by atoms with van der Waals surface area (Å²) in [5, 5.41) is 2.19. The number of thiazole rings is 1. The number of anilines is 1. The van der Waals surface area contributed by atoms with Gasteiger partial charge in [0.1, 0.15) is 5.82 Å². The van der Waals surface area contributed by atoms with E-state index in [0.717, 1.165) is 17.4 Å². The highest BCUT2D eigenvalue weighted by Crippen LogP contribution is 2.40. The Labute approximate surface area is 134 Å². The van der Waals surface area contributed by atoms with Gasteiger partial charge in [0.15, 0.2) is 0 Å². The first kappa shape index (κ1) is 14.9. The molecule has 4 nitrogen and oxygen atoms in total. The van der Waals surface area contributed by atoms with Crippen molar-refractivity contribution in [1.29, 1.82) is 0 Å². The van der Waals surface area contributed by atoms with Gasteiger partial charge >= 0.3 is 0 Å². The second-order valence-corrected chi connectivity index (χ2v) is 8.68. The highest BCUT2D eigenvalue weighted by molar-refractivity contribution is 7.12. The second kappa shape index (κ2) is 5.32. The highest BCUT2D eigenvalue weighted by Gasteiger charge is 2.29. The molecule has 0 fully saturated rings. The molecular weight excluding hydrogens is 300 g/mol. The molecule has 0 spiro atoms. The van der Waals surface area contributed by atoms with Crippen LogP contribution in [-0.2, 0) is 11.8 Å². The summed E-state index contributed by atoms with van der Waals surface area (Å²) in [5.41, 5.74) is 1.30. The molecule has 1 aliphatic carbocycles. The average Bonchev–Trinajstić information content (AvgIpc) is 3.01. The minimum Gasteiger partial charge on any atom is -0.342 e. The van der Waals surface area contributed by atoms with Crippen LogP contribution < -0.4 is 4.90 Å². The molecule has 2 aromatic heterocycles. The van der Waals surface area contributed by atoms with Crippen LogP contribution in [0.1, 0.15) is 61.1 Å². The van der Waals surface area contributed by atoms with Crippen molar-refractivity contribution in [2.75, 3.05) is 11.9 Å². The van der Waals surface area contributed by atoms with Gasteiger partial charge in [0.2, 0.25) is 5.13 Å². The third kappa shape index (κ3) is 2.83. The predicted molar refractivity (Wildman–Crippen MR) is 89.5 cm³/mol. The molecule has 0 saturated heterocycles. The Morgan fingerprint density at radius 2 is 2.00 bits per heavy atom. The molecule has 2 heterocycles. The zero-order valence-corrected chi connectivity index (χ0v) is 14.9.